The number of hydrogen-bond donors (Lipinski definition) is 2. The summed E-state index contributed by atoms with van der Waals surface area (Å²) in [5, 5.41) is 6.23. The normalized spacial score (nSPS) is 29.2. The maximum atomic E-state index is 13.0. The van der Waals surface area contributed by atoms with E-state index in [4.69, 9.17) is 0 Å². The van der Waals surface area contributed by atoms with Gasteiger partial charge in [0.05, 0.1) is 6.04 Å². The molecule has 0 radical (unpaired) electrons. The first-order valence-corrected chi connectivity index (χ1v) is 6.99. The lowest BCUT2D eigenvalue weighted by atomic mass is 9.93. The molecule has 2 N–H and O–H groups in total. The highest BCUT2D eigenvalue weighted by atomic mass is 19.1. The van der Waals surface area contributed by atoms with Gasteiger partial charge in [-0.15, -0.1) is 0 Å². The number of hydrogen-bond acceptors (Lipinski definition) is 2. The second kappa shape index (κ2) is 5.29. The lowest BCUT2D eigenvalue weighted by molar-refractivity contribution is -0.123. The molecule has 1 heterocycles. The van der Waals surface area contributed by atoms with Gasteiger partial charge < -0.3 is 10.6 Å². The molecular weight excluding hydrogens is 243 g/mol. The van der Waals surface area contributed by atoms with E-state index in [0.29, 0.717) is 18.4 Å². The first-order valence-electron chi connectivity index (χ1n) is 6.99. The van der Waals surface area contributed by atoms with Gasteiger partial charge in [-0.25, -0.2) is 4.39 Å². The van der Waals surface area contributed by atoms with Crippen molar-refractivity contribution >= 4 is 5.91 Å². The van der Waals surface area contributed by atoms with E-state index in [-0.39, 0.29) is 17.8 Å². The predicted octanol–water partition coefficient (Wildman–Crippen LogP) is 1.83. The monoisotopic (exact) mass is 262 g/mol. The molecule has 3 atom stereocenters. The van der Waals surface area contributed by atoms with Gasteiger partial charge in [-0.1, -0.05) is 18.6 Å². The molecule has 102 valence electrons. The van der Waals surface area contributed by atoms with Crippen molar-refractivity contribution in [3.05, 3.63) is 35.6 Å². The highest BCUT2D eigenvalue weighted by Gasteiger charge is 2.42. The number of rotatable bonds is 3. The number of halogens is 1. The number of carbonyl (C=O) groups is 1. The molecule has 0 bridgehead atoms. The lowest BCUT2D eigenvalue weighted by Crippen LogP contribution is -2.43. The van der Waals surface area contributed by atoms with Crippen molar-refractivity contribution < 1.29 is 9.18 Å². The van der Waals surface area contributed by atoms with Crippen molar-refractivity contribution in [3.8, 4) is 0 Å². The smallest absolute Gasteiger partial charge is 0.237 e. The van der Waals surface area contributed by atoms with Gasteiger partial charge in [0.2, 0.25) is 5.91 Å². The number of nitrogens with one attached hydrogen (secondary N) is 2. The summed E-state index contributed by atoms with van der Waals surface area (Å²) in [4.78, 5) is 12.2. The molecule has 19 heavy (non-hydrogen) atoms. The van der Waals surface area contributed by atoms with Crippen LogP contribution in [-0.4, -0.2) is 18.5 Å². The minimum absolute atomic E-state index is 0.0543. The number of benzene rings is 1. The average Bonchev–Trinajstić information content (AvgIpc) is 2.98. The van der Waals surface area contributed by atoms with Crippen molar-refractivity contribution in [1.82, 2.24) is 10.6 Å². The minimum Gasteiger partial charge on any atom is -0.351 e. The van der Waals surface area contributed by atoms with Crippen molar-refractivity contribution in [1.29, 1.82) is 0 Å². The van der Waals surface area contributed by atoms with Gasteiger partial charge in [-0.05, 0) is 48.9 Å². The molecule has 1 saturated carbocycles. The van der Waals surface area contributed by atoms with Crippen LogP contribution in [0.3, 0.4) is 0 Å². The van der Waals surface area contributed by atoms with Crippen LogP contribution in [0.2, 0.25) is 0 Å². The Kier molecular flexibility index (Phi) is 3.51. The third kappa shape index (κ3) is 2.63. The van der Waals surface area contributed by atoms with E-state index in [1.807, 2.05) is 6.07 Å². The van der Waals surface area contributed by atoms with Gasteiger partial charge in [0.25, 0.3) is 0 Å². The Morgan fingerprint density at radius 2 is 2.32 bits per heavy atom. The molecule has 3 nitrogen and oxygen atoms in total. The molecule has 2 fully saturated rings. The third-order valence-electron chi connectivity index (χ3n) is 4.38. The molecule has 4 heteroatoms. The Morgan fingerprint density at radius 3 is 3.16 bits per heavy atom. The van der Waals surface area contributed by atoms with E-state index >= 15 is 0 Å². The van der Waals surface area contributed by atoms with E-state index in [1.54, 1.807) is 6.07 Å². The van der Waals surface area contributed by atoms with Crippen LogP contribution in [0, 0.1) is 17.7 Å². The summed E-state index contributed by atoms with van der Waals surface area (Å²) in [6.45, 7) is 1.36. The second-order valence-corrected chi connectivity index (χ2v) is 5.59. The molecule has 0 aromatic heterocycles. The summed E-state index contributed by atoms with van der Waals surface area (Å²) >= 11 is 0. The van der Waals surface area contributed by atoms with Gasteiger partial charge in [0.1, 0.15) is 5.82 Å². The molecule has 1 aromatic carbocycles. The molecule has 0 spiro atoms. The highest BCUT2D eigenvalue weighted by Crippen LogP contribution is 2.37. The summed E-state index contributed by atoms with van der Waals surface area (Å²) in [6.07, 6.45) is 3.63. The molecule has 1 saturated heterocycles. The summed E-state index contributed by atoms with van der Waals surface area (Å²) in [7, 11) is 0. The molecule has 1 aromatic rings. The lowest BCUT2D eigenvalue weighted by Gasteiger charge is -2.17. The van der Waals surface area contributed by atoms with Gasteiger partial charge >= 0.3 is 0 Å². The quantitative estimate of drug-likeness (QED) is 0.872. The van der Waals surface area contributed by atoms with Crippen molar-refractivity contribution in [2.75, 3.05) is 6.54 Å². The Balaban J connectivity index is 1.57. The molecule has 3 unspecified atom stereocenters. The average molecular weight is 262 g/mol. The molecule has 2 aliphatic rings. The minimum atomic E-state index is -0.262. The Labute approximate surface area is 112 Å². The highest BCUT2D eigenvalue weighted by molar-refractivity contribution is 5.82. The SMILES string of the molecule is O=C(NCc1cccc(F)c1)C1NCC2CCCC21. The van der Waals surface area contributed by atoms with Crippen LogP contribution in [0.15, 0.2) is 24.3 Å². The fraction of sp³-hybridized carbons (Fsp3) is 0.533. The predicted molar refractivity (Wildman–Crippen MR) is 70.9 cm³/mol. The van der Waals surface area contributed by atoms with Crippen LogP contribution < -0.4 is 10.6 Å². The van der Waals surface area contributed by atoms with Gasteiger partial charge in [-0.2, -0.15) is 0 Å². The zero-order valence-electron chi connectivity index (χ0n) is 10.9. The van der Waals surface area contributed by atoms with E-state index < -0.39 is 0 Å². The molecule has 1 aliphatic heterocycles. The Hall–Kier alpha value is -1.42. The van der Waals surface area contributed by atoms with Crippen molar-refractivity contribution in [3.63, 3.8) is 0 Å². The molecule has 1 amide bonds. The van der Waals surface area contributed by atoms with Crippen LogP contribution in [-0.2, 0) is 11.3 Å². The van der Waals surface area contributed by atoms with E-state index in [0.717, 1.165) is 18.5 Å². The van der Waals surface area contributed by atoms with Gasteiger partial charge in [0.15, 0.2) is 0 Å². The zero-order valence-corrected chi connectivity index (χ0v) is 10.9. The van der Waals surface area contributed by atoms with Crippen molar-refractivity contribution in [2.45, 2.75) is 31.8 Å². The maximum Gasteiger partial charge on any atom is 0.237 e. The second-order valence-electron chi connectivity index (χ2n) is 5.59. The standard InChI is InChI=1S/C15H19FN2O/c16-12-5-1-3-10(7-12)8-18-15(19)14-13-6-2-4-11(13)9-17-14/h1,3,5,7,11,13-14,17H,2,4,6,8-9H2,(H,18,19). The fourth-order valence-electron chi connectivity index (χ4n) is 3.42. The van der Waals surface area contributed by atoms with Crippen LogP contribution >= 0.6 is 0 Å². The van der Waals surface area contributed by atoms with Crippen LogP contribution in [0.4, 0.5) is 4.39 Å². The molecule has 1 aliphatic carbocycles. The Morgan fingerprint density at radius 1 is 1.42 bits per heavy atom. The van der Waals surface area contributed by atoms with Crippen molar-refractivity contribution in [2.24, 2.45) is 11.8 Å². The maximum absolute atomic E-state index is 13.0. The summed E-state index contributed by atoms with van der Waals surface area (Å²) < 4.78 is 13.0. The molecular formula is C15H19FN2O. The van der Waals surface area contributed by atoms with E-state index in [1.165, 1.54) is 25.0 Å². The van der Waals surface area contributed by atoms with Gasteiger partial charge in [0, 0.05) is 6.54 Å². The van der Waals surface area contributed by atoms with Crippen LogP contribution in [0.25, 0.3) is 0 Å². The summed E-state index contributed by atoms with van der Waals surface area (Å²) in [6, 6.07) is 6.30. The molecule has 3 rings (SSSR count). The zero-order chi connectivity index (χ0) is 13.2. The largest absolute Gasteiger partial charge is 0.351 e. The van der Waals surface area contributed by atoms with Crippen LogP contribution in [0.1, 0.15) is 24.8 Å². The van der Waals surface area contributed by atoms with E-state index in [2.05, 4.69) is 10.6 Å². The number of amides is 1. The topological polar surface area (TPSA) is 41.1 Å². The fourth-order valence-corrected chi connectivity index (χ4v) is 3.42. The first kappa shape index (κ1) is 12.6. The third-order valence-corrected chi connectivity index (χ3v) is 4.38. The van der Waals surface area contributed by atoms with E-state index in [9.17, 15) is 9.18 Å². The number of carbonyl (C=O) groups excluding carboxylic acids is 1. The Bertz CT molecular complexity index is 477. The summed E-state index contributed by atoms with van der Waals surface area (Å²) in [5.74, 6) is 0.956. The first-order chi connectivity index (χ1) is 9.24. The summed E-state index contributed by atoms with van der Waals surface area (Å²) in [5.41, 5.74) is 0.800. The number of fused-ring (bicyclic) bond motifs is 1. The van der Waals surface area contributed by atoms with Crippen LogP contribution in [0.5, 0.6) is 0 Å². The van der Waals surface area contributed by atoms with Gasteiger partial charge in [-0.3, -0.25) is 4.79 Å².